The van der Waals surface area contributed by atoms with E-state index in [1.165, 1.54) is 0 Å². The van der Waals surface area contributed by atoms with Gasteiger partial charge in [-0.25, -0.2) is 15.0 Å². The quantitative estimate of drug-likeness (QED) is 0.462. The molecule has 0 unspecified atom stereocenters. The van der Waals surface area contributed by atoms with Crippen LogP contribution in [0.2, 0.25) is 5.02 Å². The van der Waals surface area contributed by atoms with Gasteiger partial charge in [0.15, 0.2) is 0 Å². The van der Waals surface area contributed by atoms with Gasteiger partial charge in [0.25, 0.3) is 0 Å². The Morgan fingerprint density at radius 2 is 2.12 bits per heavy atom. The molecule has 0 amide bonds. The average Bonchev–Trinajstić information content (AvgIpc) is 3.42. The van der Waals surface area contributed by atoms with E-state index in [2.05, 4.69) is 25.2 Å². The van der Waals surface area contributed by atoms with Gasteiger partial charge in [0.2, 0.25) is 5.95 Å². The van der Waals surface area contributed by atoms with Crippen molar-refractivity contribution in [1.82, 2.24) is 24.3 Å². The Balaban J connectivity index is 1.41. The summed E-state index contributed by atoms with van der Waals surface area (Å²) in [5, 5.41) is 13.4. The first-order valence-corrected chi connectivity index (χ1v) is 10.8. The largest absolute Gasteiger partial charge is 0.495 e. The van der Waals surface area contributed by atoms with Crippen molar-refractivity contribution in [3.05, 3.63) is 65.6 Å². The molecule has 164 valence electrons. The van der Waals surface area contributed by atoms with Gasteiger partial charge in [0.05, 0.1) is 42.0 Å². The van der Waals surface area contributed by atoms with E-state index in [4.69, 9.17) is 16.3 Å². The number of benzene rings is 1. The number of aliphatic hydroxyl groups is 1. The number of nitrogens with one attached hydrogen (secondary N) is 1. The second-order valence-electron chi connectivity index (χ2n) is 7.80. The summed E-state index contributed by atoms with van der Waals surface area (Å²) in [7, 11) is 1.64. The first kappa shape index (κ1) is 20.7. The maximum atomic E-state index is 9.75. The van der Waals surface area contributed by atoms with Crippen LogP contribution in [0.3, 0.4) is 0 Å². The zero-order valence-electron chi connectivity index (χ0n) is 17.6. The third kappa shape index (κ3) is 4.12. The predicted octanol–water partition coefficient (Wildman–Crippen LogP) is 3.76. The van der Waals surface area contributed by atoms with Crippen molar-refractivity contribution in [3.8, 4) is 17.1 Å². The maximum absolute atomic E-state index is 9.75. The zero-order valence-corrected chi connectivity index (χ0v) is 18.3. The number of aliphatic hydroxyl groups excluding tert-OH is 1. The predicted molar refractivity (Wildman–Crippen MR) is 123 cm³/mol. The van der Waals surface area contributed by atoms with Gasteiger partial charge in [0, 0.05) is 25.8 Å². The molecule has 3 aromatic heterocycles. The number of ether oxygens (including phenoxy) is 1. The number of rotatable bonds is 6. The monoisotopic (exact) mass is 450 g/mol. The molecule has 0 spiro atoms. The topological polar surface area (TPSA) is 87.8 Å². The summed E-state index contributed by atoms with van der Waals surface area (Å²) < 4.78 is 7.53. The molecule has 0 bridgehead atoms. The van der Waals surface area contributed by atoms with Crippen LogP contribution in [-0.4, -0.2) is 55.7 Å². The van der Waals surface area contributed by atoms with E-state index in [0.29, 0.717) is 29.0 Å². The summed E-state index contributed by atoms with van der Waals surface area (Å²) in [5.41, 5.74) is 4.06. The van der Waals surface area contributed by atoms with Gasteiger partial charge in [-0.05, 0) is 36.2 Å². The first-order chi connectivity index (χ1) is 15.6. The van der Waals surface area contributed by atoms with Gasteiger partial charge < -0.3 is 15.2 Å². The van der Waals surface area contributed by atoms with Gasteiger partial charge in [0.1, 0.15) is 17.1 Å². The van der Waals surface area contributed by atoms with E-state index in [-0.39, 0.29) is 6.10 Å². The normalized spacial score (nSPS) is 16.5. The fourth-order valence-electron chi connectivity index (χ4n) is 3.99. The van der Waals surface area contributed by atoms with Crippen molar-refractivity contribution in [3.63, 3.8) is 0 Å². The van der Waals surface area contributed by atoms with Gasteiger partial charge in [-0.1, -0.05) is 23.7 Å². The Morgan fingerprint density at radius 1 is 1.22 bits per heavy atom. The molecule has 1 atom stereocenters. The van der Waals surface area contributed by atoms with Crippen LogP contribution in [0, 0.1) is 0 Å². The van der Waals surface area contributed by atoms with Crippen molar-refractivity contribution in [2.24, 2.45) is 0 Å². The van der Waals surface area contributed by atoms with Crippen LogP contribution in [0.25, 0.3) is 17.0 Å². The number of hydrogen-bond donors (Lipinski definition) is 2. The van der Waals surface area contributed by atoms with Gasteiger partial charge in [-0.3, -0.25) is 9.30 Å². The lowest BCUT2D eigenvalue weighted by Crippen LogP contribution is -2.21. The molecule has 0 radical (unpaired) electrons. The Labute approximate surface area is 190 Å². The van der Waals surface area contributed by atoms with Crippen LogP contribution in [0.1, 0.15) is 12.0 Å². The average molecular weight is 451 g/mol. The highest BCUT2D eigenvalue weighted by Gasteiger charge is 2.20. The Hall–Kier alpha value is -3.20. The summed E-state index contributed by atoms with van der Waals surface area (Å²) in [6.45, 7) is 2.37. The van der Waals surface area contributed by atoms with E-state index in [1.807, 2.05) is 47.0 Å². The SMILES string of the molecule is COc1cc(CN2CC[C@H](O)C2)ccc1Nc1ncc(Cl)c(-c2cnc3ccccn23)n1. The van der Waals surface area contributed by atoms with E-state index in [0.717, 1.165) is 42.1 Å². The Kier molecular flexibility index (Phi) is 5.65. The highest BCUT2D eigenvalue weighted by molar-refractivity contribution is 6.32. The second-order valence-corrected chi connectivity index (χ2v) is 8.21. The molecule has 5 rings (SSSR count). The molecule has 8 nitrogen and oxygen atoms in total. The van der Waals surface area contributed by atoms with Crippen molar-refractivity contribution in [1.29, 1.82) is 0 Å². The summed E-state index contributed by atoms with van der Waals surface area (Å²) in [6, 6.07) is 11.8. The van der Waals surface area contributed by atoms with Gasteiger partial charge >= 0.3 is 0 Å². The molecular weight excluding hydrogens is 428 g/mol. The van der Waals surface area contributed by atoms with Gasteiger partial charge in [-0.15, -0.1) is 0 Å². The third-order valence-electron chi connectivity index (χ3n) is 5.57. The number of nitrogens with zero attached hydrogens (tertiary/aromatic N) is 5. The minimum absolute atomic E-state index is 0.234. The molecule has 1 saturated heterocycles. The molecule has 1 fully saturated rings. The number of aromatic nitrogens is 4. The molecule has 0 saturated carbocycles. The fraction of sp³-hybridized carbons (Fsp3) is 0.261. The molecule has 4 aromatic rings. The molecule has 32 heavy (non-hydrogen) atoms. The summed E-state index contributed by atoms with van der Waals surface area (Å²) in [5.74, 6) is 1.10. The van der Waals surface area contributed by atoms with Crippen LogP contribution >= 0.6 is 11.6 Å². The lowest BCUT2D eigenvalue weighted by molar-refractivity contribution is 0.175. The standard InChI is InChI=1S/C23H23ClN6O2/c1-32-20-10-15(13-29-9-7-16(31)14-29)5-6-18(20)27-23-26-11-17(24)22(28-23)19-12-25-21-4-2-3-8-30(19)21/h2-6,8,10-12,16,31H,7,9,13-14H2,1H3,(H,26,27,28)/t16-/m0/s1. The van der Waals surface area contributed by atoms with Crippen LogP contribution in [0.4, 0.5) is 11.6 Å². The van der Waals surface area contributed by atoms with Gasteiger partial charge in [-0.2, -0.15) is 0 Å². The Bertz CT molecular complexity index is 1260. The Morgan fingerprint density at radius 3 is 2.94 bits per heavy atom. The van der Waals surface area contributed by atoms with Crippen molar-refractivity contribution in [2.75, 3.05) is 25.5 Å². The van der Waals surface area contributed by atoms with Crippen molar-refractivity contribution in [2.45, 2.75) is 19.1 Å². The number of anilines is 2. The van der Waals surface area contributed by atoms with Crippen LogP contribution < -0.4 is 10.1 Å². The van der Waals surface area contributed by atoms with E-state index >= 15 is 0 Å². The molecule has 1 aliphatic heterocycles. The number of pyridine rings is 1. The molecule has 1 aromatic carbocycles. The number of likely N-dealkylation sites (tertiary alicyclic amines) is 1. The van der Waals surface area contributed by atoms with Crippen LogP contribution in [0.15, 0.2) is 55.0 Å². The smallest absolute Gasteiger partial charge is 0.227 e. The molecule has 4 heterocycles. The minimum Gasteiger partial charge on any atom is -0.495 e. The van der Waals surface area contributed by atoms with Crippen molar-refractivity contribution >= 4 is 28.9 Å². The second kappa shape index (κ2) is 8.74. The number of β-amino-alcohol motifs (C(OH)–C–C–N with tert-alkyl or cyclic N) is 1. The third-order valence-corrected chi connectivity index (χ3v) is 5.85. The van der Waals surface area contributed by atoms with E-state index in [1.54, 1.807) is 19.5 Å². The lowest BCUT2D eigenvalue weighted by Gasteiger charge is -2.17. The highest BCUT2D eigenvalue weighted by Crippen LogP contribution is 2.31. The highest BCUT2D eigenvalue weighted by atomic mass is 35.5. The van der Waals surface area contributed by atoms with E-state index in [9.17, 15) is 5.11 Å². The molecule has 2 N–H and O–H groups in total. The summed E-state index contributed by atoms with van der Waals surface area (Å²) >= 11 is 6.42. The number of hydrogen-bond acceptors (Lipinski definition) is 7. The molecule has 0 aliphatic carbocycles. The van der Waals surface area contributed by atoms with E-state index < -0.39 is 0 Å². The first-order valence-electron chi connectivity index (χ1n) is 10.4. The summed E-state index contributed by atoms with van der Waals surface area (Å²) in [4.78, 5) is 15.6. The maximum Gasteiger partial charge on any atom is 0.227 e. The lowest BCUT2D eigenvalue weighted by atomic mass is 10.1. The van der Waals surface area contributed by atoms with Crippen LogP contribution in [-0.2, 0) is 6.54 Å². The fourth-order valence-corrected chi connectivity index (χ4v) is 4.17. The number of imidazole rings is 1. The number of fused-ring (bicyclic) bond motifs is 1. The summed E-state index contributed by atoms with van der Waals surface area (Å²) in [6.07, 6.45) is 5.83. The molecule has 9 heteroatoms. The zero-order chi connectivity index (χ0) is 22.1. The molecule has 1 aliphatic rings. The molecular formula is C23H23ClN6O2. The number of halogens is 1. The van der Waals surface area contributed by atoms with Crippen molar-refractivity contribution < 1.29 is 9.84 Å². The number of methoxy groups -OCH3 is 1. The minimum atomic E-state index is -0.234. The van der Waals surface area contributed by atoms with Crippen LogP contribution in [0.5, 0.6) is 5.75 Å².